The molecule has 5 heteroatoms. The quantitative estimate of drug-likeness (QED) is 0.485. The van der Waals surface area contributed by atoms with Crippen LogP contribution in [0.3, 0.4) is 0 Å². The Kier molecular flexibility index (Phi) is 7.88. The normalized spacial score (nSPS) is 15.7. The van der Waals surface area contributed by atoms with Gasteiger partial charge in [-0.05, 0) is 36.5 Å². The van der Waals surface area contributed by atoms with Crippen LogP contribution in [0, 0.1) is 0 Å². The number of nitrogens with one attached hydrogen (secondary N) is 2. The third-order valence-corrected chi connectivity index (χ3v) is 5.03. The fourth-order valence-electron chi connectivity index (χ4n) is 3.57. The van der Waals surface area contributed by atoms with Gasteiger partial charge in [0.1, 0.15) is 0 Å². The summed E-state index contributed by atoms with van der Waals surface area (Å²) < 4.78 is 0. The summed E-state index contributed by atoms with van der Waals surface area (Å²) in [5.74, 6) is 0.765. The van der Waals surface area contributed by atoms with Gasteiger partial charge >= 0.3 is 0 Å². The lowest BCUT2D eigenvalue weighted by atomic mass is 10.00. The lowest BCUT2D eigenvalue weighted by Gasteiger charge is -2.30. The van der Waals surface area contributed by atoms with Crippen LogP contribution in [0.15, 0.2) is 59.6 Å². The predicted octanol–water partition coefficient (Wildman–Crippen LogP) is 2.20. The molecule has 28 heavy (non-hydrogen) atoms. The van der Waals surface area contributed by atoms with Crippen LogP contribution in [0.5, 0.6) is 0 Å². The Balaban J connectivity index is 1.44. The molecule has 3 N–H and O–H groups in total. The molecule has 0 radical (unpaired) electrons. The summed E-state index contributed by atoms with van der Waals surface area (Å²) in [4.78, 5) is 6.89. The van der Waals surface area contributed by atoms with Crippen LogP contribution in [-0.2, 0) is 19.4 Å². The molecule has 1 aliphatic heterocycles. The van der Waals surface area contributed by atoms with Gasteiger partial charge in [-0.15, -0.1) is 0 Å². The van der Waals surface area contributed by atoms with Gasteiger partial charge in [-0.2, -0.15) is 0 Å². The van der Waals surface area contributed by atoms with Crippen LogP contribution in [0.1, 0.15) is 23.6 Å². The average Bonchev–Trinajstić information content (AvgIpc) is 2.73. The van der Waals surface area contributed by atoms with E-state index in [1.165, 1.54) is 16.7 Å². The molecule has 3 rings (SSSR count). The summed E-state index contributed by atoms with van der Waals surface area (Å²) >= 11 is 0. The second-order valence-electron chi connectivity index (χ2n) is 7.29. The number of fused-ring (bicyclic) bond motifs is 1. The summed E-state index contributed by atoms with van der Waals surface area (Å²) in [6, 6.07) is 19.0. The molecule has 0 aliphatic carbocycles. The van der Waals surface area contributed by atoms with Crippen molar-refractivity contribution in [1.29, 1.82) is 0 Å². The predicted molar refractivity (Wildman–Crippen MR) is 116 cm³/mol. The molecule has 5 nitrogen and oxygen atoms in total. The maximum atomic E-state index is 10.5. The van der Waals surface area contributed by atoms with E-state index in [-0.39, 0.29) is 0 Å². The number of nitrogens with zero attached hydrogens (tertiary/aromatic N) is 2. The third-order valence-electron chi connectivity index (χ3n) is 5.03. The molecule has 2 aromatic rings. The van der Waals surface area contributed by atoms with E-state index in [1.54, 1.807) is 0 Å². The van der Waals surface area contributed by atoms with Gasteiger partial charge in [0.25, 0.3) is 0 Å². The molecule has 0 bridgehead atoms. The Morgan fingerprint density at radius 3 is 2.61 bits per heavy atom. The van der Waals surface area contributed by atoms with Crippen molar-refractivity contribution in [3.05, 3.63) is 71.3 Å². The summed E-state index contributed by atoms with van der Waals surface area (Å²) in [6.45, 7) is 6.63. The van der Waals surface area contributed by atoms with Crippen molar-refractivity contribution in [3.8, 4) is 0 Å². The lowest BCUT2D eigenvalue weighted by molar-refractivity contribution is 0.111. The monoisotopic (exact) mass is 380 g/mol. The van der Waals surface area contributed by atoms with Crippen molar-refractivity contribution in [1.82, 2.24) is 15.5 Å². The first-order valence-electron chi connectivity index (χ1n) is 10.3. The van der Waals surface area contributed by atoms with E-state index in [9.17, 15) is 5.11 Å². The number of aliphatic imine (C=N–C) groups is 1. The van der Waals surface area contributed by atoms with Gasteiger partial charge in [-0.1, -0.05) is 54.6 Å². The molecular weight excluding hydrogens is 348 g/mol. The van der Waals surface area contributed by atoms with Gasteiger partial charge in [-0.3, -0.25) is 9.89 Å². The molecule has 2 aromatic carbocycles. The Bertz CT molecular complexity index is 747. The fraction of sp³-hybridized carbons (Fsp3) is 0.435. The van der Waals surface area contributed by atoms with Crippen molar-refractivity contribution in [2.24, 2.45) is 4.99 Å². The first kappa shape index (κ1) is 20.4. The number of guanidine groups is 1. The maximum Gasteiger partial charge on any atom is 0.191 e. The average molecular weight is 381 g/mol. The molecular formula is C23H32N4O. The number of rotatable bonds is 8. The molecule has 0 amide bonds. The number of β-amino-alcohol motifs (C(OH)–C–C–N with tert-alkyl or cyclic N) is 1. The number of hydrogen-bond acceptors (Lipinski definition) is 3. The molecule has 0 spiro atoms. The maximum absolute atomic E-state index is 10.5. The highest BCUT2D eigenvalue weighted by Crippen LogP contribution is 2.18. The minimum atomic E-state index is -0.463. The van der Waals surface area contributed by atoms with Crippen LogP contribution >= 0.6 is 0 Å². The minimum Gasteiger partial charge on any atom is -0.390 e. The van der Waals surface area contributed by atoms with E-state index in [1.807, 2.05) is 6.07 Å². The highest BCUT2D eigenvalue weighted by molar-refractivity contribution is 5.79. The molecule has 150 valence electrons. The van der Waals surface area contributed by atoms with Crippen molar-refractivity contribution >= 4 is 5.96 Å². The van der Waals surface area contributed by atoms with Crippen molar-refractivity contribution in [2.45, 2.75) is 32.4 Å². The van der Waals surface area contributed by atoms with Gasteiger partial charge in [0.15, 0.2) is 5.96 Å². The van der Waals surface area contributed by atoms with E-state index in [0.717, 1.165) is 45.0 Å². The number of benzene rings is 2. The second kappa shape index (κ2) is 10.8. The molecule has 0 saturated carbocycles. The Morgan fingerprint density at radius 2 is 1.82 bits per heavy atom. The van der Waals surface area contributed by atoms with E-state index in [2.05, 4.69) is 76.0 Å². The molecule has 1 atom stereocenters. The van der Waals surface area contributed by atoms with Crippen molar-refractivity contribution in [3.63, 3.8) is 0 Å². The Labute approximate surface area is 168 Å². The second-order valence-corrected chi connectivity index (χ2v) is 7.29. The van der Waals surface area contributed by atoms with E-state index in [0.29, 0.717) is 13.1 Å². The van der Waals surface area contributed by atoms with E-state index in [4.69, 9.17) is 0 Å². The van der Waals surface area contributed by atoms with Gasteiger partial charge in [-0.25, -0.2) is 0 Å². The highest BCUT2D eigenvalue weighted by atomic mass is 16.3. The van der Waals surface area contributed by atoms with E-state index >= 15 is 0 Å². The van der Waals surface area contributed by atoms with Crippen LogP contribution in [0.2, 0.25) is 0 Å². The van der Waals surface area contributed by atoms with Gasteiger partial charge in [0.05, 0.1) is 12.6 Å². The largest absolute Gasteiger partial charge is 0.390 e. The zero-order valence-electron chi connectivity index (χ0n) is 16.8. The lowest BCUT2D eigenvalue weighted by Crippen LogP contribution is -2.40. The standard InChI is InChI=1S/C23H32N4O/c1-2-24-23(25-14-12-19-8-4-3-5-9-19)26-16-22(28)18-27-15-13-20-10-6-7-11-21(20)17-27/h3-11,22,28H,2,12-18H2,1H3,(H2,24,25,26). The van der Waals surface area contributed by atoms with Gasteiger partial charge in [0.2, 0.25) is 0 Å². The molecule has 1 aliphatic rings. The van der Waals surface area contributed by atoms with Crippen molar-refractivity contribution < 1.29 is 5.11 Å². The SMILES string of the molecule is CCNC(=NCC(O)CN1CCc2ccccc2C1)NCCc1ccccc1. The number of hydrogen-bond donors (Lipinski definition) is 3. The Morgan fingerprint density at radius 1 is 1.07 bits per heavy atom. The number of aliphatic hydroxyl groups excluding tert-OH is 1. The van der Waals surface area contributed by atoms with E-state index < -0.39 is 6.10 Å². The first-order valence-corrected chi connectivity index (χ1v) is 10.3. The molecule has 0 aromatic heterocycles. The zero-order valence-corrected chi connectivity index (χ0v) is 16.8. The summed E-state index contributed by atoms with van der Waals surface area (Å²) in [5, 5.41) is 17.1. The van der Waals surface area contributed by atoms with Crippen molar-refractivity contribution in [2.75, 3.05) is 32.7 Å². The molecule has 1 heterocycles. The molecule has 0 saturated heterocycles. The summed E-state index contributed by atoms with van der Waals surface area (Å²) in [7, 11) is 0. The van der Waals surface area contributed by atoms with Crippen LogP contribution in [0.25, 0.3) is 0 Å². The van der Waals surface area contributed by atoms with Crippen LogP contribution in [0.4, 0.5) is 0 Å². The Hall–Kier alpha value is -2.37. The molecule has 0 fully saturated rings. The first-order chi connectivity index (χ1) is 13.7. The highest BCUT2D eigenvalue weighted by Gasteiger charge is 2.18. The summed E-state index contributed by atoms with van der Waals surface area (Å²) in [5.41, 5.74) is 4.11. The minimum absolute atomic E-state index is 0.402. The third kappa shape index (κ3) is 6.36. The van der Waals surface area contributed by atoms with Crippen LogP contribution in [-0.4, -0.2) is 54.8 Å². The molecule has 1 unspecified atom stereocenters. The topological polar surface area (TPSA) is 59.9 Å². The van der Waals surface area contributed by atoms with Gasteiger partial charge < -0.3 is 15.7 Å². The fourth-order valence-corrected chi connectivity index (χ4v) is 3.57. The van der Waals surface area contributed by atoms with Crippen LogP contribution < -0.4 is 10.6 Å². The summed E-state index contributed by atoms with van der Waals surface area (Å²) in [6.07, 6.45) is 1.53. The number of aliphatic hydroxyl groups is 1. The van der Waals surface area contributed by atoms with Gasteiger partial charge in [0, 0.05) is 32.7 Å². The smallest absolute Gasteiger partial charge is 0.191 e. The zero-order chi connectivity index (χ0) is 19.6.